The second kappa shape index (κ2) is 10.1. The Kier molecular flexibility index (Phi) is 6.92. The Morgan fingerprint density at radius 2 is 1.69 bits per heavy atom. The van der Waals surface area contributed by atoms with Crippen molar-refractivity contribution in [1.82, 2.24) is 4.90 Å². The van der Waals surface area contributed by atoms with E-state index in [0.29, 0.717) is 17.1 Å². The number of hydrogen-bond acceptors (Lipinski definition) is 5. The number of ketones is 1. The van der Waals surface area contributed by atoms with Gasteiger partial charge in [-0.2, -0.15) is 0 Å². The van der Waals surface area contributed by atoms with Crippen molar-refractivity contribution in [1.29, 1.82) is 0 Å². The van der Waals surface area contributed by atoms with Crippen LogP contribution in [0.3, 0.4) is 0 Å². The molecule has 3 aromatic carbocycles. The summed E-state index contributed by atoms with van der Waals surface area (Å²) in [5, 5.41) is 11.4. The summed E-state index contributed by atoms with van der Waals surface area (Å²) in [6.07, 6.45) is 0. The predicted molar refractivity (Wildman–Crippen MR) is 134 cm³/mol. The third kappa shape index (κ3) is 4.64. The van der Waals surface area contributed by atoms with E-state index in [1.54, 1.807) is 26.4 Å². The number of ether oxygens (including phenoxy) is 2. The molecule has 1 aliphatic rings. The van der Waals surface area contributed by atoms with Crippen molar-refractivity contribution in [2.75, 3.05) is 14.2 Å². The minimum absolute atomic E-state index is 0.0731. The minimum atomic E-state index is -0.730. The highest BCUT2D eigenvalue weighted by Gasteiger charge is 2.46. The number of aliphatic hydroxyl groups is 1. The van der Waals surface area contributed by atoms with E-state index in [4.69, 9.17) is 9.47 Å². The summed E-state index contributed by atoms with van der Waals surface area (Å²) in [6, 6.07) is 21.2. The first kappa shape index (κ1) is 24.1. The number of hydrogen-bond donors (Lipinski definition) is 1. The number of aliphatic hydroxyl groups excluding tert-OH is 1. The van der Waals surface area contributed by atoms with Crippen molar-refractivity contribution in [3.05, 3.63) is 101 Å². The smallest absolute Gasteiger partial charge is 0.295 e. The Hall–Kier alpha value is -4.06. The highest BCUT2D eigenvalue weighted by atomic mass is 16.5. The molecule has 6 nitrogen and oxygen atoms in total. The molecule has 0 spiro atoms. The van der Waals surface area contributed by atoms with Crippen LogP contribution < -0.4 is 9.47 Å². The van der Waals surface area contributed by atoms with E-state index >= 15 is 0 Å². The molecule has 35 heavy (non-hydrogen) atoms. The third-order valence-corrected chi connectivity index (χ3v) is 6.27. The fourth-order valence-corrected chi connectivity index (χ4v) is 4.48. The lowest BCUT2D eigenvalue weighted by Crippen LogP contribution is -2.29. The Morgan fingerprint density at radius 1 is 0.943 bits per heavy atom. The summed E-state index contributed by atoms with van der Waals surface area (Å²) in [5.74, 6) is -0.0561. The van der Waals surface area contributed by atoms with Gasteiger partial charge in [0.25, 0.3) is 11.7 Å². The molecule has 1 atom stereocenters. The van der Waals surface area contributed by atoms with Gasteiger partial charge in [0.05, 0.1) is 25.8 Å². The zero-order valence-electron chi connectivity index (χ0n) is 20.3. The largest absolute Gasteiger partial charge is 0.507 e. The second-order valence-corrected chi connectivity index (χ2v) is 8.80. The van der Waals surface area contributed by atoms with E-state index in [2.05, 4.69) is 0 Å². The molecule has 1 heterocycles. The molecule has 180 valence electrons. The van der Waals surface area contributed by atoms with Crippen LogP contribution in [0.4, 0.5) is 0 Å². The Labute approximate surface area is 205 Å². The molecule has 0 aromatic heterocycles. The Bertz CT molecular complexity index is 1280. The van der Waals surface area contributed by atoms with Crippen LogP contribution in [-0.4, -0.2) is 35.9 Å². The van der Waals surface area contributed by atoms with Crippen molar-refractivity contribution in [3.63, 3.8) is 0 Å². The summed E-state index contributed by atoms with van der Waals surface area (Å²) < 4.78 is 10.8. The normalized spacial score (nSPS) is 17.2. The van der Waals surface area contributed by atoms with Crippen LogP contribution in [0.5, 0.6) is 11.5 Å². The van der Waals surface area contributed by atoms with Gasteiger partial charge >= 0.3 is 0 Å². The Morgan fingerprint density at radius 3 is 2.34 bits per heavy atom. The molecule has 0 bridgehead atoms. The number of Topliss-reactive ketones (excluding diaryl/α,β-unsaturated/α-hetero) is 1. The molecular formula is C29H29NO5. The number of carbonyl (C=O) groups is 2. The fourth-order valence-electron chi connectivity index (χ4n) is 4.48. The van der Waals surface area contributed by atoms with Crippen LogP contribution in [0.2, 0.25) is 0 Å². The van der Waals surface area contributed by atoms with Gasteiger partial charge in [-0.15, -0.1) is 0 Å². The molecule has 1 fully saturated rings. The number of nitrogens with zero attached hydrogens (tertiary/aromatic N) is 1. The summed E-state index contributed by atoms with van der Waals surface area (Å²) in [7, 11) is 3.18. The summed E-state index contributed by atoms with van der Waals surface area (Å²) >= 11 is 0. The molecule has 0 radical (unpaired) electrons. The summed E-state index contributed by atoms with van der Waals surface area (Å²) in [5.41, 5.74) is 3.00. The topological polar surface area (TPSA) is 76.1 Å². The highest BCUT2D eigenvalue weighted by molar-refractivity contribution is 6.46. The first-order valence-corrected chi connectivity index (χ1v) is 11.5. The average Bonchev–Trinajstić information content (AvgIpc) is 3.13. The van der Waals surface area contributed by atoms with E-state index in [-0.39, 0.29) is 23.8 Å². The standard InChI is InChI=1S/C29H29NO5/c1-18(2)23-16-21(13-14-24(23)35-4)27(31)25-26(20-10-6-5-7-11-20)30(29(33)28(25)32)17-19-9-8-12-22(15-19)34-3/h5-16,18,26,31H,17H2,1-4H3/b27-25-. The summed E-state index contributed by atoms with van der Waals surface area (Å²) in [6.45, 7) is 4.25. The van der Waals surface area contributed by atoms with Crippen molar-refractivity contribution in [3.8, 4) is 11.5 Å². The zero-order valence-corrected chi connectivity index (χ0v) is 20.3. The van der Waals surface area contributed by atoms with Gasteiger partial charge < -0.3 is 19.5 Å². The van der Waals surface area contributed by atoms with Gasteiger partial charge in [-0.05, 0) is 52.9 Å². The highest BCUT2D eigenvalue weighted by Crippen LogP contribution is 2.41. The van der Waals surface area contributed by atoms with Gasteiger partial charge in [0.2, 0.25) is 0 Å². The maximum Gasteiger partial charge on any atom is 0.295 e. The molecule has 1 aliphatic heterocycles. The lowest BCUT2D eigenvalue weighted by atomic mass is 9.93. The average molecular weight is 472 g/mol. The van der Waals surface area contributed by atoms with Crippen molar-refractivity contribution < 1.29 is 24.2 Å². The van der Waals surface area contributed by atoms with E-state index in [0.717, 1.165) is 16.7 Å². The zero-order chi connectivity index (χ0) is 25.1. The van der Waals surface area contributed by atoms with Gasteiger partial charge in [-0.3, -0.25) is 9.59 Å². The van der Waals surface area contributed by atoms with Gasteiger partial charge in [-0.25, -0.2) is 0 Å². The molecule has 6 heteroatoms. The second-order valence-electron chi connectivity index (χ2n) is 8.80. The van der Waals surface area contributed by atoms with E-state index < -0.39 is 17.7 Å². The Balaban J connectivity index is 1.85. The van der Waals surface area contributed by atoms with Crippen molar-refractivity contribution in [2.24, 2.45) is 0 Å². The van der Waals surface area contributed by atoms with E-state index in [1.807, 2.05) is 74.5 Å². The van der Waals surface area contributed by atoms with Crippen LogP contribution >= 0.6 is 0 Å². The number of methoxy groups -OCH3 is 2. The minimum Gasteiger partial charge on any atom is -0.507 e. The van der Waals surface area contributed by atoms with Crippen molar-refractivity contribution >= 4 is 17.4 Å². The molecule has 3 aromatic rings. The molecule has 4 rings (SSSR count). The maximum atomic E-state index is 13.3. The monoisotopic (exact) mass is 471 g/mol. The lowest BCUT2D eigenvalue weighted by molar-refractivity contribution is -0.140. The number of amides is 1. The van der Waals surface area contributed by atoms with Crippen LogP contribution in [0.15, 0.2) is 78.4 Å². The lowest BCUT2D eigenvalue weighted by Gasteiger charge is -2.25. The van der Waals surface area contributed by atoms with Crippen LogP contribution in [0.25, 0.3) is 5.76 Å². The van der Waals surface area contributed by atoms with Gasteiger partial charge in [0.15, 0.2) is 0 Å². The van der Waals surface area contributed by atoms with Crippen LogP contribution in [0, 0.1) is 0 Å². The van der Waals surface area contributed by atoms with Gasteiger partial charge in [-0.1, -0.05) is 56.3 Å². The quantitative estimate of drug-likeness (QED) is 0.282. The molecule has 0 aliphatic carbocycles. The summed E-state index contributed by atoms with van der Waals surface area (Å²) in [4.78, 5) is 28.1. The number of carbonyl (C=O) groups excluding carboxylic acids is 2. The number of likely N-dealkylation sites (tertiary alicyclic amines) is 1. The fraction of sp³-hybridized carbons (Fsp3) is 0.241. The van der Waals surface area contributed by atoms with E-state index in [1.165, 1.54) is 4.90 Å². The molecule has 1 saturated heterocycles. The first-order chi connectivity index (χ1) is 16.8. The van der Waals surface area contributed by atoms with Crippen LogP contribution in [-0.2, 0) is 16.1 Å². The number of benzene rings is 3. The molecule has 1 amide bonds. The molecule has 0 saturated carbocycles. The third-order valence-electron chi connectivity index (χ3n) is 6.27. The molecular weight excluding hydrogens is 442 g/mol. The molecule has 1 N–H and O–H groups in total. The maximum absolute atomic E-state index is 13.3. The van der Waals surface area contributed by atoms with Crippen molar-refractivity contribution in [2.45, 2.75) is 32.4 Å². The number of rotatable bonds is 7. The molecule has 1 unspecified atom stereocenters. The van der Waals surface area contributed by atoms with E-state index in [9.17, 15) is 14.7 Å². The predicted octanol–water partition coefficient (Wildman–Crippen LogP) is 5.45. The SMILES string of the molecule is COc1cccc(CN2C(=O)C(=O)/C(=C(\O)c3ccc(OC)c(C(C)C)c3)C2c2ccccc2)c1. The van der Waals surface area contributed by atoms with Crippen LogP contribution in [0.1, 0.15) is 48.1 Å². The van der Waals surface area contributed by atoms with Gasteiger partial charge in [0, 0.05) is 12.1 Å². The first-order valence-electron chi connectivity index (χ1n) is 11.5. The van der Waals surface area contributed by atoms with Gasteiger partial charge in [0.1, 0.15) is 17.3 Å².